The van der Waals surface area contributed by atoms with Crippen LogP contribution in [0.1, 0.15) is 18.5 Å². The number of benzene rings is 1. The molecule has 1 aliphatic rings. The first kappa shape index (κ1) is 19.3. The van der Waals surface area contributed by atoms with E-state index in [1.165, 1.54) is 18.2 Å². The first-order valence-electron chi connectivity index (χ1n) is 9.53. The highest BCUT2D eigenvalue weighted by molar-refractivity contribution is 6.31. The topological polar surface area (TPSA) is 115 Å². The summed E-state index contributed by atoms with van der Waals surface area (Å²) >= 11 is 5.88. The zero-order valence-electron chi connectivity index (χ0n) is 16.3. The van der Waals surface area contributed by atoms with Gasteiger partial charge in [-0.3, -0.25) is 4.98 Å². The number of imidazole rings is 1. The molecule has 1 saturated carbocycles. The maximum atomic E-state index is 13.5. The molecule has 0 atom stereocenters. The molecule has 3 N–H and O–H groups in total. The summed E-state index contributed by atoms with van der Waals surface area (Å²) < 4.78 is 15.2. The van der Waals surface area contributed by atoms with Gasteiger partial charge < -0.3 is 15.0 Å². The molecule has 3 heterocycles. The van der Waals surface area contributed by atoms with Gasteiger partial charge in [-0.2, -0.15) is 9.61 Å². The van der Waals surface area contributed by atoms with Gasteiger partial charge in [-0.25, -0.2) is 19.2 Å². The molecule has 0 aliphatic heterocycles. The van der Waals surface area contributed by atoms with Gasteiger partial charge in [-0.15, -0.1) is 0 Å². The van der Waals surface area contributed by atoms with Crippen molar-refractivity contribution in [1.29, 1.82) is 0 Å². The third-order valence-corrected chi connectivity index (χ3v) is 5.39. The van der Waals surface area contributed by atoms with Crippen molar-refractivity contribution in [2.45, 2.75) is 18.9 Å². The highest BCUT2D eigenvalue weighted by Crippen LogP contribution is 2.29. The average molecular weight is 442 g/mol. The second-order valence-electron chi connectivity index (χ2n) is 7.35. The van der Waals surface area contributed by atoms with Crippen molar-refractivity contribution in [2.75, 3.05) is 11.9 Å². The Morgan fingerprint density at radius 1 is 1.35 bits per heavy atom. The lowest BCUT2D eigenvalue weighted by Gasteiger charge is -2.18. The fourth-order valence-electron chi connectivity index (χ4n) is 3.35. The van der Waals surface area contributed by atoms with Crippen LogP contribution in [0, 0.1) is 5.82 Å². The van der Waals surface area contributed by atoms with E-state index >= 15 is 0 Å². The molecule has 1 fully saturated rings. The van der Waals surface area contributed by atoms with Crippen molar-refractivity contribution in [1.82, 2.24) is 24.6 Å². The molecule has 0 spiro atoms. The summed E-state index contributed by atoms with van der Waals surface area (Å²) in [6.07, 6.45) is 5.33. The zero-order chi connectivity index (χ0) is 21.7. The smallest absolute Gasteiger partial charge is 0.326 e. The number of hydrogen-bond donors (Lipinski definition) is 3. The van der Waals surface area contributed by atoms with E-state index in [1.54, 1.807) is 22.9 Å². The predicted molar refractivity (Wildman–Crippen MR) is 113 cm³/mol. The van der Waals surface area contributed by atoms with E-state index < -0.39 is 11.5 Å². The molecule has 11 heteroatoms. The number of nitrogens with zero attached hydrogens (tertiary/aromatic N) is 5. The number of H-pyrrole nitrogens is 2. The molecule has 4 aromatic rings. The molecule has 0 radical (unpaired) electrons. The van der Waals surface area contributed by atoms with Crippen molar-refractivity contribution in [2.24, 2.45) is 4.99 Å². The standard InChI is InChI=1S/C20H17ClFN7O2/c1-28(12-3-4-12)17-8-16(24-11-2-5-14(22)13(21)7-11)26-18-10(9-23-29(17)18)6-15-19(30)27-20(31)25-15/h2,5-9,12,30H,3-4H2,1H3,(H2,25,27,31). The van der Waals surface area contributed by atoms with Crippen molar-refractivity contribution < 1.29 is 9.50 Å². The number of anilines is 1. The monoisotopic (exact) mass is 441 g/mol. The van der Waals surface area contributed by atoms with Gasteiger partial charge in [0.15, 0.2) is 11.1 Å². The van der Waals surface area contributed by atoms with Crippen LogP contribution in [0.4, 0.5) is 15.9 Å². The van der Waals surface area contributed by atoms with Gasteiger partial charge in [0.1, 0.15) is 17.3 Å². The van der Waals surface area contributed by atoms with Crippen LogP contribution in [0.25, 0.3) is 11.7 Å². The summed E-state index contributed by atoms with van der Waals surface area (Å²) in [5.74, 6) is -0.0153. The van der Waals surface area contributed by atoms with Crippen LogP contribution < -0.4 is 21.3 Å². The molecule has 0 unspecified atom stereocenters. The normalized spacial score (nSPS) is 15.2. The molecule has 1 aromatic carbocycles. The number of aromatic hydroxyl groups is 1. The van der Waals surface area contributed by atoms with E-state index in [9.17, 15) is 14.3 Å². The van der Waals surface area contributed by atoms with E-state index in [0.29, 0.717) is 28.1 Å². The van der Waals surface area contributed by atoms with Crippen LogP contribution in [0.15, 0.2) is 40.2 Å². The van der Waals surface area contributed by atoms with Crippen molar-refractivity contribution in [3.8, 4) is 5.88 Å². The molecule has 3 aromatic heterocycles. The van der Waals surface area contributed by atoms with E-state index in [4.69, 9.17) is 11.6 Å². The Morgan fingerprint density at radius 2 is 2.16 bits per heavy atom. The van der Waals surface area contributed by atoms with Gasteiger partial charge in [0.2, 0.25) is 5.88 Å². The zero-order valence-corrected chi connectivity index (χ0v) is 17.1. The van der Waals surface area contributed by atoms with Crippen LogP contribution in [0.3, 0.4) is 0 Å². The number of hydrogen-bond acceptors (Lipinski definition) is 6. The molecule has 1 aliphatic carbocycles. The summed E-state index contributed by atoms with van der Waals surface area (Å²) in [4.78, 5) is 27.4. The molecule has 5 rings (SSSR count). The molecular formula is C20H17ClFN7O2. The van der Waals surface area contributed by atoms with Crippen molar-refractivity contribution in [3.05, 3.63) is 68.2 Å². The molecular weight excluding hydrogens is 425 g/mol. The Hall–Kier alpha value is -3.66. The van der Waals surface area contributed by atoms with Crippen LogP contribution in [-0.4, -0.2) is 42.8 Å². The first-order valence-corrected chi connectivity index (χ1v) is 9.91. The van der Waals surface area contributed by atoms with Crippen LogP contribution in [0.2, 0.25) is 5.02 Å². The molecule has 158 valence electrons. The minimum Gasteiger partial charge on any atom is -0.493 e. The predicted octanol–water partition coefficient (Wildman–Crippen LogP) is 1.62. The third-order valence-electron chi connectivity index (χ3n) is 5.10. The number of aromatic amines is 2. The quantitative estimate of drug-likeness (QED) is 0.445. The maximum Gasteiger partial charge on any atom is 0.326 e. The summed E-state index contributed by atoms with van der Waals surface area (Å²) in [7, 11) is 1.98. The minimum atomic E-state index is -0.522. The number of fused-ring (bicyclic) bond motifs is 1. The maximum absolute atomic E-state index is 13.5. The second kappa shape index (κ2) is 7.24. The van der Waals surface area contributed by atoms with Gasteiger partial charge in [0, 0.05) is 24.4 Å². The van der Waals surface area contributed by atoms with Gasteiger partial charge >= 0.3 is 5.69 Å². The van der Waals surface area contributed by atoms with Crippen molar-refractivity contribution in [3.63, 3.8) is 0 Å². The lowest BCUT2D eigenvalue weighted by molar-refractivity contribution is 0.454. The minimum absolute atomic E-state index is 0.0251. The lowest BCUT2D eigenvalue weighted by Crippen LogP contribution is -2.26. The molecule has 0 bridgehead atoms. The number of nitrogens with one attached hydrogen (secondary N) is 2. The molecule has 31 heavy (non-hydrogen) atoms. The van der Waals surface area contributed by atoms with Crippen LogP contribution in [-0.2, 0) is 0 Å². The number of aromatic nitrogens is 5. The Kier molecular flexibility index (Phi) is 4.51. The Balaban J connectivity index is 1.74. The Morgan fingerprint density at radius 3 is 2.84 bits per heavy atom. The van der Waals surface area contributed by atoms with Gasteiger partial charge in [0.05, 0.1) is 16.9 Å². The molecule has 9 nitrogen and oxygen atoms in total. The largest absolute Gasteiger partial charge is 0.493 e. The SMILES string of the molecule is CN(c1cc(=Nc2ccc(F)c(Cl)c2)nc2c(=Cc3[nH]c(=O)[nH]c3O)cnn12)C1CC1. The summed E-state index contributed by atoms with van der Waals surface area (Å²) in [5.41, 5.74) is 1.02. The third kappa shape index (κ3) is 3.66. The number of rotatable bonds is 4. The second-order valence-corrected chi connectivity index (χ2v) is 7.75. The number of halogens is 2. The van der Waals surface area contributed by atoms with Gasteiger partial charge in [-0.1, -0.05) is 11.6 Å². The first-order chi connectivity index (χ1) is 14.9. The van der Waals surface area contributed by atoms with Crippen LogP contribution >= 0.6 is 11.6 Å². The highest BCUT2D eigenvalue weighted by Gasteiger charge is 2.28. The van der Waals surface area contributed by atoms with Crippen molar-refractivity contribution >= 4 is 34.8 Å². The Bertz CT molecular complexity index is 1490. The highest BCUT2D eigenvalue weighted by atomic mass is 35.5. The van der Waals surface area contributed by atoms with E-state index in [2.05, 4.69) is 29.9 Å². The summed E-state index contributed by atoms with van der Waals surface area (Å²) in [5, 5.41) is 14.9. The van der Waals surface area contributed by atoms with E-state index in [1.807, 2.05) is 7.05 Å². The molecule has 0 amide bonds. The molecule has 0 saturated heterocycles. The van der Waals surface area contributed by atoms with Gasteiger partial charge in [0.25, 0.3) is 0 Å². The average Bonchev–Trinajstić information content (AvgIpc) is 3.43. The van der Waals surface area contributed by atoms with E-state index in [0.717, 1.165) is 18.7 Å². The fraction of sp³-hybridized carbons (Fsp3) is 0.200. The van der Waals surface area contributed by atoms with E-state index in [-0.39, 0.29) is 16.6 Å². The van der Waals surface area contributed by atoms with Crippen LogP contribution in [0.5, 0.6) is 5.88 Å². The lowest BCUT2D eigenvalue weighted by atomic mass is 10.3. The summed E-state index contributed by atoms with van der Waals surface area (Å²) in [6.45, 7) is 0. The van der Waals surface area contributed by atoms with Gasteiger partial charge in [-0.05, 0) is 37.1 Å². The Labute approximate surface area is 179 Å². The fourth-order valence-corrected chi connectivity index (χ4v) is 3.52. The summed E-state index contributed by atoms with van der Waals surface area (Å²) in [6, 6.07) is 6.40.